The lowest BCUT2D eigenvalue weighted by atomic mass is 9.59. The van der Waals surface area contributed by atoms with E-state index in [1.807, 2.05) is 21.8 Å². The molecule has 3 N–H and O–H groups in total. The van der Waals surface area contributed by atoms with Crippen LogP contribution in [0.15, 0.2) is 18.5 Å². The van der Waals surface area contributed by atoms with E-state index in [9.17, 15) is 9.59 Å². The maximum Gasteiger partial charge on any atom is 0.239 e. The van der Waals surface area contributed by atoms with Crippen LogP contribution in [0.2, 0.25) is 5.02 Å². The van der Waals surface area contributed by atoms with Crippen molar-refractivity contribution in [3.63, 3.8) is 0 Å². The van der Waals surface area contributed by atoms with Gasteiger partial charge in [0.1, 0.15) is 5.82 Å². The Morgan fingerprint density at radius 3 is 2.65 bits per heavy atom. The van der Waals surface area contributed by atoms with Crippen molar-refractivity contribution in [2.75, 3.05) is 18.4 Å². The van der Waals surface area contributed by atoms with Crippen LogP contribution in [-0.4, -0.2) is 50.6 Å². The number of nitrogens with two attached hydrogens (primary N) is 1. The highest BCUT2D eigenvalue weighted by Gasteiger charge is 2.65. The Morgan fingerprint density at radius 2 is 1.94 bits per heavy atom. The van der Waals surface area contributed by atoms with Gasteiger partial charge in [-0.1, -0.05) is 25.4 Å². The van der Waals surface area contributed by atoms with E-state index in [0.717, 1.165) is 43.6 Å². The third-order valence-electron chi connectivity index (χ3n) is 8.55. The molecule has 2 aromatic rings. The summed E-state index contributed by atoms with van der Waals surface area (Å²) in [5.41, 5.74) is 8.99. The topological polar surface area (TPSA) is 106 Å². The molecule has 5 heterocycles. The number of aromatic nitrogens is 3. The van der Waals surface area contributed by atoms with Gasteiger partial charge in [-0.05, 0) is 54.9 Å². The van der Waals surface area contributed by atoms with Gasteiger partial charge in [0.2, 0.25) is 11.8 Å². The Balaban J connectivity index is 1.17. The summed E-state index contributed by atoms with van der Waals surface area (Å²) in [4.78, 5) is 31.9. The monoisotopic (exact) mass is 482 g/mol. The number of fused-ring (bicyclic) bond motifs is 4. The van der Waals surface area contributed by atoms with E-state index in [0.29, 0.717) is 34.5 Å². The number of carbonyl (C=O) groups is 2. The number of amides is 2. The largest absolute Gasteiger partial charge is 0.341 e. The first kappa shape index (κ1) is 22.0. The van der Waals surface area contributed by atoms with Crippen LogP contribution in [-0.2, 0) is 22.6 Å². The third-order valence-corrected chi connectivity index (χ3v) is 8.85. The third kappa shape index (κ3) is 3.29. The molecule has 5 fully saturated rings. The standard InChI is InChI=1S/C25H31ClN6O2/c1-12(27)24(34)31-9-17-13-4-15(22(17)18(13)10-31)23(33)30-21-5-14(19(26)8-28-21)16-7-29-32-11-25(2,3)6-20(16)32/h5,7-8,12-13,15,17-18,22H,4,6,9-11,27H2,1-3H3,(H,28,30,33)/t12-,13-,15?,17-,18+,22?/m0/s1. The number of hydrogen-bond acceptors (Lipinski definition) is 5. The lowest BCUT2D eigenvalue weighted by molar-refractivity contribution is -0.146. The molecule has 3 saturated carbocycles. The van der Waals surface area contributed by atoms with E-state index >= 15 is 0 Å². The van der Waals surface area contributed by atoms with Crippen molar-refractivity contribution in [2.24, 2.45) is 40.7 Å². The maximum absolute atomic E-state index is 13.3. The highest BCUT2D eigenvalue weighted by molar-refractivity contribution is 6.33. The van der Waals surface area contributed by atoms with Crippen LogP contribution in [0.4, 0.5) is 5.82 Å². The second-order valence-corrected chi connectivity index (χ2v) is 11.9. The molecule has 3 aliphatic carbocycles. The molecule has 6 aliphatic rings. The SMILES string of the molecule is C[C@H](N)C(=O)N1C[C@@H]2C3C(C(=O)Nc4cc(-c5cnn6c5CC(C)(C)C6)c(Cl)cn4)C[C@@H]2[C@H]3C1. The van der Waals surface area contributed by atoms with Gasteiger partial charge in [-0.2, -0.15) is 5.10 Å². The molecule has 2 amide bonds. The number of carbonyl (C=O) groups excluding carboxylic acids is 2. The molecule has 0 spiro atoms. The summed E-state index contributed by atoms with van der Waals surface area (Å²) in [5.74, 6) is 2.21. The molecule has 2 saturated heterocycles. The number of piperidine rings is 2. The Kier molecular flexibility index (Phi) is 4.88. The average molecular weight is 483 g/mol. The summed E-state index contributed by atoms with van der Waals surface area (Å²) in [6, 6.07) is 1.40. The van der Waals surface area contributed by atoms with Crippen molar-refractivity contribution in [1.29, 1.82) is 0 Å². The summed E-state index contributed by atoms with van der Waals surface area (Å²) < 4.78 is 2.05. The molecular weight excluding hydrogens is 452 g/mol. The Hall–Kier alpha value is -2.45. The minimum Gasteiger partial charge on any atom is -0.341 e. The summed E-state index contributed by atoms with van der Waals surface area (Å²) in [6.07, 6.45) is 5.29. The van der Waals surface area contributed by atoms with Crippen LogP contribution in [0, 0.1) is 35.0 Å². The van der Waals surface area contributed by atoms with E-state index in [1.165, 1.54) is 5.69 Å². The molecule has 0 aromatic carbocycles. The van der Waals surface area contributed by atoms with E-state index in [-0.39, 0.29) is 23.1 Å². The minimum absolute atomic E-state index is 0.0164. The molecule has 4 bridgehead atoms. The second kappa shape index (κ2) is 7.52. The number of halogens is 1. The Bertz CT molecular complexity index is 1180. The summed E-state index contributed by atoms with van der Waals surface area (Å²) >= 11 is 6.53. The molecular formula is C25H31ClN6O2. The number of anilines is 1. The van der Waals surface area contributed by atoms with Gasteiger partial charge in [-0.25, -0.2) is 4.98 Å². The smallest absolute Gasteiger partial charge is 0.239 e. The van der Waals surface area contributed by atoms with Crippen LogP contribution in [0.1, 0.15) is 32.9 Å². The maximum atomic E-state index is 13.3. The van der Waals surface area contributed by atoms with Gasteiger partial charge >= 0.3 is 0 Å². The first-order valence-electron chi connectivity index (χ1n) is 12.2. The molecule has 180 valence electrons. The molecule has 0 radical (unpaired) electrons. The Morgan fingerprint density at radius 1 is 1.21 bits per heavy atom. The first-order valence-corrected chi connectivity index (χ1v) is 12.6. The predicted molar refractivity (Wildman–Crippen MR) is 129 cm³/mol. The van der Waals surface area contributed by atoms with Crippen molar-refractivity contribution in [2.45, 2.75) is 46.2 Å². The fraction of sp³-hybridized carbons (Fsp3) is 0.600. The number of nitrogens with one attached hydrogen (secondary N) is 1. The first-order chi connectivity index (χ1) is 16.1. The van der Waals surface area contributed by atoms with Crippen LogP contribution < -0.4 is 11.1 Å². The van der Waals surface area contributed by atoms with E-state index in [1.54, 1.807) is 13.1 Å². The summed E-state index contributed by atoms with van der Waals surface area (Å²) in [5, 5.41) is 8.17. The average Bonchev–Trinajstić information content (AvgIpc) is 3.53. The highest BCUT2D eigenvalue weighted by atomic mass is 35.5. The van der Waals surface area contributed by atoms with E-state index in [2.05, 4.69) is 29.2 Å². The molecule has 3 aliphatic heterocycles. The quantitative estimate of drug-likeness (QED) is 0.697. The van der Waals surface area contributed by atoms with Crippen LogP contribution in [0.25, 0.3) is 11.1 Å². The van der Waals surface area contributed by atoms with Gasteiger partial charge in [0.25, 0.3) is 0 Å². The van der Waals surface area contributed by atoms with Crippen molar-refractivity contribution in [1.82, 2.24) is 19.7 Å². The predicted octanol–water partition coefficient (Wildman–Crippen LogP) is 2.81. The lowest BCUT2D eigenvalue weighted by Crippen LogP contribution is -2.61. The molecule has 2 unspecified atom stereocenters. The van der Waals surface area contributed by atoms with E-state index in [4.69, 9.17) is 17.3 Å². The number of nitrogens with zero attached hydrogens (tertiary/aromatic N) is 4. The molecule has 2 aromatic heterocycles. The van der Waals surface area contributed by atoms with Gasteiger partial charge in [-0.15, -0.1) is 0 Å². The van der Waals surface area contributed by atoms with Gasteiger partial charge in [0.15, 0.2) is 0 Å². The lowest BCUT2D eigenvalue weighted by Gasteiger charge is -2.54. The fourth-order valence-electron chi connectivity index (χ4n) is 7.11. The highest BCUT2D eigenvalue weighted by Crippen LogP contribution is 2.63. The molecule has 8 nitrogen and oxygen atoms in total. The van der Waals surface area contributed by atoms with Crippen LogP contribution in [0.3, 0.4) is 0 Å². The summed E-state index contributed by atoms with van der Waals surface area (Å²) in [7, 11) is 0. The zero-order chi connectivity index (χ0) is 23.9. The number of pyridine rings is 1. The van der Waals surface area contributed by atoms with Crippen LogP contribution >= 0.6 is 11.6 Å². The van der Waals surface area contributed by atoms with E-state index < -0.39 is 6.04 Å². The number of hydrogen-bond donors (Lipinski definition) is 2. The fourth-order valence-corrected chi connectivity index (χ4v) is 7.32. The van der Waals surface area contributed by atoms with Crippen molar-refractivity contribution in [3.05, 3.63) is 29.2 Å². The zero-order valence-electron chi connectivity index (χ0n) is 19.8. The van der Waals surface area contributed by atoms with Gasteiger partial charge in [-0.3, -0.25) is 14.3 Å². The molecule has 8 rings (SSSR count). The molecule has 34 heavy (non-hydrogen) atoms. The van der Waals surface area contributed by atoms with Crippen molar-refractivity contribution in [3.8, 4) is 11.1 Å². The van der Waals surface area contributed by atoms with Crippen LogP contribution in [0.5, 0.6) is 0 Å². The molecule has 9 heteroatoms. The minimum atomic E-state index is -0.470. The van der Waals surface area contributed by atoms with Gasteiger partial charge in [0, 0.05) is 48.6 Å². The van der Waals surface area contributed by atoms with Gasteiger partial charge in [0.05, 0.1) is 17.3 Å². The van der Waals surface area contributed by atoms with Crippen molar-refractivity contribution < 1.29 is 9.59 Å². The van der Waals surface area contributed by atoms with Gasteiger partial charge < -0.3 is 16.0 Å². The normalized spacial score (nSPS) is 31.1. The zero-order valence-corrected chi connectivity index (χ0v) is 20.5. The summed E-state index contributed by atoms with van der Waals surface area (Å²) in [6.45, 7) is 8.54. The second-order valence-electron chi connectivity index (χ2n) is 11.5. The van der Waals surface area contributed by atoms with Crippen molar-refractivity contribution >= 4 is 29.2 Å². The number of rotatable bonds is 4. The Labute approximate surface area is 204 Å². The molecule has 6 atom stereocenters.